The molecule has 0 radical (unpaired) electrons. The van der Waals surface area contributed by atoms with Crippen LogP contribution < -0.4 is 20.5 Å². The van der Waals surface area contributed by atoms with E-state index in [1.54, 1.807) is 18.2 Å². The third-order valence-electron chi connectivity index (χ3n) is 3.17. The van der Waals surface area contributed by atoms with E-state index >= 15 is 0 Å². The molecule has 0 unspecified atom stereocenters. The molecule has 0 amide bonds. The van der Waals surface area contributed by atoms with Gasteiger partial charge in [-0.05, 0) is 36.8 Å². The number of fused-ring (bicyclic) bond motifs is 1. The second kappa shape index (κ2) is 4.67. The molecule has 0 fully saturated rings. The Morgan fingerprint density at radius 2 is 1.90 bits per heavy atom. The van der Waals surface area contributed by atoms with Crippen LogP contribution in [0.2, 0.25) is 0 Å². The van der Waals surface area contributed by atoms with E-state index in [1.165, 1.54) is 0 Å². The van der Waals surface area contributed by atoms with E-state index in [1.807, 2.05) is 19.1 Å². The van der Waals surface area contributed by atoms with Gasteiger partial charge in [-0.1, -0.05) is 0 Å². The molecule has 0 saturated carbocycles. The van der Waals surface area contributed by atoms with Crippen molar-refractivity contribution in [3.05, 3.63) is 41.5 Å². The molecular weight excluding hydrogens is 254 g/mol. The van der Waals surface area contributed by atoms with Crippen molar-refractivity contribution >= 4 is 17.1 Å². The zero-order valence-corrected chi connectivity index (χ0v) is 10.9. The number of rotatable bonds is 2. The van der Waals surface area contributed by atoms with Crippen molar-refractivity contribution in [2.45, 2.75) is 6.92 Å². The van der Waals surface area contributed by atoms with Gasteiger partial charge in [-0.15, -0.1) is 0 Å². The highest BCUT2D eigenvalue weighted by Crippen LogP contribution is 2.38. The predicted octanol–water partition coefficient (Wildman–Crippen LogP) is 2.92. The summed E-state index contributed by atoms with van der Waals surface area (Å²) in [5, 5.41) is 12.2. The maximum Gasteiger partial charge on any atom is 0.231 e. The molecule has 0 aromatic heterocycles. The molecule has 20 heavy (non-hydrogen) atoms. The van der Waals surface area contributed by atoms with Crippen LogP contribution in [0.3, 0.4) is 0 Å². The molecule has 0 aliphatic carbocycles. The molecule has 100 valence electrons. The number of anilines is 3. The lowest BCUT2D eigenvalue weighted by molar-refractivity contribution is 0.174. The third kappa shape index (κ3) is 2.08. The van der Waals surface area contributed by atoms with Crippen molar-refractivity contribution < 1.29 is 9.47 Å². The molecule has 2 aromatic carbocycles. The van der Waals surface area contributed by atoms with Crippen molar-refractivity contribution in [2.24, 2.45) is 0 Å². The summed E-state index contributed by atoms with van der Waals surface area (Å²) in [6.45, 7) is 2.21. The zero-order chi connectivity index (χ0) is 14.1. The molecule has 0 saturated heterocycles. The van der Waals surface area contributed by atoms with Crippen LogP contribution in [0.25, 0.3) is 0 Å². The summed E-state index contributed by atoms with van der Waals surface area (Å²) in [6.07, 6.45) is 0. The lowest BCUT2D eigenvalue weighted by atomic mass is 10.1. The summed E-state index contributed by atoms with van der Waals surface area (Å²) in [5.74, 6) is 1.44. The summed E-state index contributed by atoms with van der Waals surface area (Å²) >= 11 is 0. The Balaban J connectivity index is 1.98. The minimum atomic E-state index is 0.240. The maximum absolute atomic E-state index is 8.95. The fourth-order valence-corrected chi connectivity index (χ4v) is 2.06. The number of nitrogens with zero attached hydrogens (tertiary/aromatic N) is 1. The van der Waals surface area contributed by atoms with Crippen LogP contribution >= 0.6 is 0 Å². The van der Waals surface area contributed by atoms with Crippen LogP contribution in [0.4, 0.5) is 17.1 Å². The Kier molecular flexibility index (Phi) is 2.84. The molecule has 1 aliphatic rings. The van der Waals surface area contributed by atoms with Gasteiger partial charge in [-0.25, -0.2) is 0 Å². The highest BCUT2D eigenvalue weighted by atomic mass is 16.7. The number of nitriles is 1. The Morgan fingerprint density at radius 1 is 1.15 bits per heavy atom. The second-order valence-corrected chi connectivity index (χ2v) is 4.56. The van der Waals surface area contributed by atoms with Crippen molar-refractivity contribution in [3.63, 3.8) is 0 Å². The Morgan fingerprint density at radius 3 is 2.65 bits per heavy atom. The van der Waals surface area contributed by atoms with Gasteiger partial charge in [0, 0.05) is 11.8 Å². The van der Waals surface area contributed by atoms with Crippen molar-refractivity contribution in [3.8, 4) is 17.6 Å². The number of nitrogens with two attached hydrogens (primary N) is 1. The van der Waals surface area contributed by atoms with Gasteiger partial charge in [-0.3, -0.25) is 0 Å². The first-order valence-electron chi connectivity index (χ1n) is 6.14. The van der Waals surface area contributed by atoms with Gasteiger partial charge in [0.25, 0.3) is 0 Å². The van der Waals surface area contributed by atoms with E-state index in [0.717, 1.165) is 17.0 Å². The number of nitrogens with one attached hydrogen (secondary N) is 1. The molecule has 0 atom stereocenters. The van der Waals surface area contributed by atoms with E-state index in [0.29, 0.717) is 22.7 Å². The van der Waals surface area contributed by atoms with Gasteiger partial charge in [0.05, 0.1) is 23.0 Å². The number of nitrogen functional groups attached to an aromatic ring is 1. The van der Waals surface area contributed by atoms with Gasteiger partial charge >= 0.3 is 0 Å². The fourth-order valence-electron chi connectivity index (χ4n) is 2.06. The minimum Gasteiger partial charge on any atom is -0.454 e. The monoisotopic (exact) mass is 267 g/mol. The number of hydrogen-bond donors (Lipinski definition) is 2. The normalized spacial score (nSPS) is 12.0. The van der Waals surface area contributed by atoms with E-state index < -0.39 is 0 Å². The summed E-state index contributed by atoms with van der Waals surface area (Å²) in [4.78, 5) is 0. The van der Waals surface area contributed by atoms with Crippen LogP contribution in [0.15, 0.2) is 30.3 Å². The first kappa shape index (κ1) is 12.2. The molecule has 3 N–H and O–H groups in total. The van der Waals surface area contributed by atoms with E-state index in [2.05, 4.69) is 11.4 Å². The lowest BCUT2D eigenvalue weighted by Crippen LogP contribution is -1.98. The van der Waals surface area contributed by atoms with Gasteiger partial charge in [0.2, 0.25) is 6.79 Å². The van der Waals surface area contributed by atoms with Gasteiger partial charge in [0.1, 0.15) is 0 Å². The number of aryl methyl sites for hydroxylation is 1. The summed E-state index contributed by atoms with van der Waals surface area (Å²) < 4.78 is 10.7. The first-order valence-corrected chi connectivity index (χ1v) is 6.14. The molecular formula is C15H13N3O2. The Labute approximate surface area is 116 Å². The second-order valence-electron chi connectivity index (χ2n) is 4.56. The van der Waals surface area contributed by atoms with Crippen LogP contribution in [-0.2, 0) is 0 Å². The molecule has 5 nitrogen and oxygen atoms in total. The first-order chi connectivity index (χ1) is 9.67. The highest BCUT2D eigenvalue weighted by molar-refractivity contribution is 5.76. The van der Waals surface area contributed by atoms with Gasteiger partial charge < -0.3 is 20.5 Å². The molecule has 2 aromatic rings. The van der Waals surface area contributed by atoms with Crippen molar-refractivity contribution in [1.82, 2.24) is 0 Å². The van der Waals surface area contributed by atoms with Crippen molar-refractivity contribution in [1.29, 1.82) is 5.26 Å². The molecule has 1 heterocycles. The summed E-state index contributed by atoms with van der Waals surface area (Å²) in [6, 6.07) is 11.0. The highest BCUT2D eigenvalue weighted by Gasteiger charge is 2.16. The smallest absolute Gasteiger partial charge is 0.231 e. The van der Waals surface area contributed by atoms with Crippen LogP contribution in [0, 0.1) is 18.3 Å². The molecule has 0 spiro atoms. The van der Waals surface area contributed by atoms with E-state index in [4.69, 9.17) is 20.5 Å². The Bertz CT molecular complexity index is 720. The minimum absolute atomic E-state index is 0.240. The molecule has 3 rings (SSSR count). The van der Waals surface area contributed by atoms with Crippen molar-refractivity contribution in [2.75, 3.05) is 17.8 Å². The third-order valence-corrected chi connectivity index (χ3v) is 3.17. The molecule has 5 heteroatoms. The lowest BCUT2D eigenvalue weighted by Gasteiger charge is -2.13. The Hall–Kier alpha value is -2.87. The van der Waals surface area contributed by atoms with Gasteiger partial charge in [0.15, 0.2) is 11.5 Å². The predicted molar refractivity (Wildman–Crippen MR) is 76.2 cm³/mol. The SMILES string of the molecule is Cc1cc2c(cc1Nc1cc(C#N)ccc1N)OCO2. The molecule has 0 bridgehead atoms. The standard InChI is InChI=1S/C15H13N3O2/c1-9-4-14-15(20-8-19-14)6-12(9)18-13-5-10(7-16)2-3-11(13)17/h2-6,18H,8,17H2,1H3. The van der Waals surface area contributed by atoms with E-state index in [9.17, 15) is 0 Å². The zero-order valence-electron chi connectivity index (χ0n) is 10.9. The average Bonchev–Trinajstić information content (AvgIpc) is 2.88. The fraction of sp³-hybridized carbons (Fsp3) is 0.133. The number of ether oxygens (including phenoxy) is 2. The maximum atomic E-state index is 8.95. The van der Waals surface area contributed by atoms with Gasteiger partial charge in [-0.2, -0.15) is 5.26 Å². The topological polar surface area (TPSA) is 80.3 Å². The van der Waals surface area contributed by atoms with Crippen LogP contribution in [-0.4, -0.2) is 6.79 Å². The summed E-state index contributed by atoms with van der Waals surface area (Å²) in [5.41, 5.74) is 9.65. The number of hydrogen-bond acceptors (Lipinski definition) is 5. The summed E-state index contributed by atoms with van der Waals surface area (Å²) in [7, 11) is 0. The van der Waals surface area contributed by atoms with E-state index in [-0.39, 0.29) is 6.79 Å². The van der Waals surface area contributed by atoms with Crippen LogP contribution in [0.5, 0.6) is 11.5 Å². The molecule has 1 aliphatic heterocycles. The quantitative estimate of drug-likeness (QED) is 0.818. The average molecular weight is 267 g/mol. The number of benzene rings is 2. The van der Waals surface area contributed by atoms with Crippen LogP contribution in [0.1, 0.15) is 11.1 Å². The largest absolute Gasteiger partial charge is 0.454 e.